The summed E-state index contributed by atoms with van der Waals surface area (Å²) in [5.74, 6) is 0.602. The van der Waals surface area contributed by atoms with Crippen molar-refractivity contribution in [1.29, 1.82) is 0 Å². The van der Waals surface area contributed by atoms with E-state index in [0.717, 1.165) is 6.42 Å². The van der Waals surface area contributed by atoms with Crippen LogP contribution in [-0.2, 0) is 10.0 Å². The summed E-state index contributed by atoms with van der Waals surface area (Å²) in [6.07, 6.45) is 2.40. The minimum absolute atomic E-state index is 0.0930. The second kappa shape index (κ2) is 9.30. The van der Waals surface area contributed by atoms with E-state index in [1.54, 1.807) is 36.8 Å². The summed E-state index contributed by atoms with van der Waals surface area (Å²) >= 11 is 1.18. The van der Waals surface area contributed by atoms with Crippen molar-refractivity contribution in [1.82, 2.24) is 20.3 Å². The van der Waals surface area contributed by atoms with Crippen LogP contribution in [0, 0.1) is 5.82 Å². The first kappa shape index (κ1) is 20.5. The highest BCUT2D eigenvalue weighted by molar-refractivity contribution is 7.91. The molecule has 0 amide bonds. The molecule has 0 bridgehead atoms. The van der Waals surface area contributed by atoms with Crippen molar-refractivity contribution in [2.45, 2.75) is 16.7 Å². The van der Waals surface area contributed by atoms with Gasteiger partial charge in [0.05, 0.1) is 0 Å². The van der Waals surface area contributed by atoms with Gasteiger partial charge in [-0.1, -0.05) is 6.07 Å². The van der Waals surface area contributed by atoms with Gasteiger partial charge in [0.2, 0.25) is 10.0 Å². The van der Waals surface area contributed by atoms with Gasteiger partial charge in [-0.25, -0.2) is 22.5 Å². The minimum Gasteiger partial charge on any atom is -0.355 e. The molecule has 3 heterocycles. The van der Waals surface area contributed by atoms with Crippen LogP contribution in [0.5, 0.6) is 0 Å². The van der Waals surface area contributed by atoms with Crippen LogP contribution < -0.4 is 20.3 Å². The van der Waals surface area contributed by atoms with Gasteiger partial charge in [-0.15, -0.1) is 11.3 Å². The molecule has 1 unspecified atom stereocenters. The molecule has 1 fully saturated rings. The quantitative estimate of drug-likeness (QED) is 0.347. The maximum atomic E-state index is 13.9. The monoisotopic (exact) mass is 426 g/mol. The topological polar surface area (TPSA) is 98.7 Å². The molecule has 1 atom stereocenters. The number of guanidine groups is 1. The van der Waals surface area contributed by atoms with Gasteiger partial charge in [0.1, 0.15) is 4.21 Å². The Bertz CT molecular complexity index is 904. The van der Waals surface area contributed by atoms with Gasteiger partial charge >= 0.3 is 0 Å². The molecule has 28 heavy (non-hydrogen) atoms. The summed E-state index contributed by atoms with van der Waals surface area (Å²) in [7, 11) is -1.82. The summed E-state index contributed by atoms with van der Waals surface area (Å²) in [5, 5.41) is 8.09. The lowest BCUT2D eigenvalue weighted by atomic mass is 10.3. The lowest BCUT2D eigenvalue weighted by Gasteiger charge is -2.20. The van der Waals surface area contributed by atoms with Gasteiger partial charge in [-0.3, -0.25) is 4.99 Å². The van der Waals surface area contributed by atoms with E-state index in [1.807, 2.05) is 4.90 Å². The van der Waals surface area contributed by atoms with Crippen molar-refractivity contribution in [2.75, 3.05) is 38.1 Å². The minimum atomic E-state index is -3.47. The van der Waals surface area contributed by atoms with E-state index in [0.29, 0.717) is 35.6 Å². The number of rotatable bonds is 7. The first-order valence-corrected chi connectivity index (χ1v) is 11.2. The maximum absolute atomic E-state index is 13.9. The van der Waals surface area contributed by atoms with Gasteiger partial charge in [-0.2, -0.15) is 0 Å². The van der Waals surface area contributed by atoms with Crippen LogP contribution in [0.4, 0.5) is 10.2 Å². The zero-order valence-corrected chi connectivity index (χ0v) is 17.1. The third-order valence-corrected chi connectivity index (χ3v) is 7.12. The summed E-state index contributed by atoms with van der Waals surface area (Å²) in [5.41, 5.74) is 0. The Morgan fingerprint density at radius 3 is 2.96 bits per heavy atom. The van der Waals surface area contributed by atoms with Crippen molar-refractivity contribution in [3.05, 3.63) is 41.7 Å². The third-order valence-electron chi connectivity index (χ3n) is 4.26. The highest BCUT2D eigenvalue weighted by Crippen LogP contribution is 2.20. The van der Waals surface area contributed by atoms with Crippen molar-refractivity contribution >= 4 is 33.1 Å². The lowest BCUT2D eigenvalue weighted by molar-refractivity contribution is 0.581. The molecule has 152 valence electrons. The zero-order valence-electron chi connectivity index (χ0n) is 15.4. The molecule has 1 aliphatic rings. The average molecular weight is 427 g/mol. The third kappa shape index (κ3) is 5.18. The molecule has 0 aliphatic carbocycles. The molecule has 1 aliphatic heterocycles. The number of halogens is 1. The molecule has 1 saturated heterocycles. The van der Waals surface area contributed by atoms with Crippen molar-refractivity contribution < 1.29 is 12.8 Å². The summed E-state index contributed by atoms with van der Waals surface area (Å²) in [4.78, 5) is 10.2. The van der Waals surface area contributed by atoms with Crippen LogP contribution in [0.1, 0.15) is 6.42 Å². The van der Waals surface area contributed by atoms with Crippen molar-refractivity contribution in [2.24, 2.45) is 4.99 Å². The van der Waals surface area contributed by atoms with Gasteiger partial charge in [0, 0.05) is 45.5 Å². The van der Waals surface area contributed by atoms with Gasteiger partial charge < -0.3 is 15.5 Å². The number of hydrogen-bond acceptors (Lipinski definition) is 6. The Morgan fingerprint density at radius 1 is 1.39 bits per heavy atom. The first-order valence-electron chi connectivity index (χ1n) is 8.85. The van der Waals surface area contributed by atoms with E-state index in [2.05, 4.69) is 25.3 Å². The fraction of sp³-hybridized carbons (Fsp3) is 0.412. The normalized spacial score (nSPS) is 17.7. The van der Waals surface area contributed by atoms with Crippen LogP contribution in [0.15, 0.2) is 45.0 Å². The Labute approximate surface area is 167 Å². The molecule has 0 aromatic carbocycles. The fourth-order valence-electron chi connectivity index (χ4n) is 2.92. The molecule has 2 aromatic rings. The Kier molecular flexibility index (Phi) is 6.81. The second-order valence-electron chi connectivity index (χ2n) is 6.21. The highest BCUT2D eigenvalue weighted by Gasteiger charge is 2.25. The summed E-state index contributed by atoms with van der Waals surface area (Å²) in [6, 6.07) is 6.34. The van der Waals surface area contributed by atoms with Crippen molar-refractivity contribution in [3.63, 3.8) is 0 Å². The molecule has 0 saturated carbocycles. The average Bonchev–Trinajstić information content (AvgIpc) is 3.37. The van der Waals surface area contributed by atoms with E-state index in [4.69, 9.17) is 0 Å². The molecule has 3 rings (SSSR count). The molecular weight excluding hydrogens is 403 g/mol. The predicted molar refractivity (Wildman–Crippen MR) is 109 cm³/mol. The molecule has 8 nitrogen and oxygen atoms in total. The van der Waals surface area contributed by atoms with Crippen molar-refractivity contribution in [3.8, 4) is 0 Å². The van der Waals surface area contributed by atoms with E-state index < -0.39 is 10.0 Å². The molecule has 11 heteroatoms. The number of nitrogens with zero attached hydrogens (tertiary/aromatic N) is 3. The smallest absolute Gasteiger partial charge is 0.250 e. The number of hydrogen-bond donors (Lipinski definition) is 3. The number of aromatic nitrogens is 1. The molecule has 0 spiro atoms. The zero-order chi connectivity index (χ0) is 20.0. The van der Waals surface area contributed by atoms with E-state index in [9.17, 15) is 12.8 Å². The molecule has 0 radical (unpaired) electrons. The number of pyridine rings is 1. The Hall–Kier alpha value is -2.24. The summed E-state index contributed by atoms with van der Waals surface area (Å²) < 4.78 is 40.9. The number of aliphatic imine (C=N–C) groups is 1. The highest BCUT2D eigenvalue weighted by atomic mass is 32.2. The van der Waals surface area contributed by atoms with E-state index in [-0.39, 0.29) is 18.4 Å². The lowest BCUT2D eigenvalue weighted by Crippen LogP contribution is -2.46. The standard InChI is InChI=1S/C17H23FN6O2S2/c1-19-17(21-8-9-22-28(25,26)15-5-3-11-27-15)23-13-6-10-24(12-13)16-14(18)4-2-7-20-16/h2-5,7,11,13,22H,6,8-10,12H2,1H3,(H2,19,21,23). The van der Waals surface area contributed by atoms with Gasteiger partial charge in [0.15, 0.2) is 17.6 Å². The molecular formula is C17H23FN6O2S2. The fourth-order valence-corrected chi connectivity index (χ4v) is 4.99. The van der Waals surface area contributed by atoms with Gasteiger partial charge in [0.25, 0.3) is 0 Å². The van der Waals surface area contributed by atoms with Crippen LogP contribution in [-0.4, -0.2) is 58.6 Å². The number of anilines is 1. The maximum Gasteiger partial charge on any atom is 0.250 e. The van der Waals surface area contributed by atoms with Crippen LogP contribution in [0.3, 0.4) is 0 Å². The number of nitrogens with one attached hydrogen (secondary N) is 3. The second-order valence-corrected chi connectivity index (χ2v) is 9.16. The molecule has 2 aromatic heterocycles. The van der Waals surface area contributed by atoms with E-state index in [1.165, 1.54) is 17.4 Å². The Morgan fingerprint density at radius 2 is 2.25 bits per heavy atom. The van der Waals surface area contributed by atoms with E-state index >= 15 is 0 Å². The first-order chi connectivity index (χ1) is 13.5. The predicted octanol–water partition coefficient (Wildman–Crippen LogP) is 1.00. The number of sulfonamides is 1. The van der Waals surface area contributed by atoms with Crippen LogP contribution in [0.2, 0.25) is 0 Å². The van der Waals surface area contributed by atoms with Crippen LogP contribution >= 0.6 is 11.3 Å². The summed E-state index contributed by atoms with van der Waals surface area (Å²) in [6.45, 7) is 1.93. The van der Waals surface area contributed by atoms with Crippen LogP contribution in [0.25, 0.3) is 0 Å². The van der Waals surface area contributed by atoms with Gasteiger partial charge in [-0.05, 0) is 30.0 Å². The largest absolute Gasteiger partial charge is 0.355 e. The molecule has 3 N–H and O–H groups in total. The SMILES string of the molecule is CN=C(NCCNS(=O)(=O)c1cccs1)NC1CCN(c2ncccc2F)C1. The number of thiophene rings is 1. The Balaban J connectivity index is 1.43.